The maximum Gasteiger partial charge on any atom is 0.452 e. The van der Waals surface area contributed by atoms with E-state index in [1.807, 2.05) is 0 Å². The number of nitrogens with one attached hydrogen (secondary N) is 1. The van der Waals surface area contributed by atoms with E-state index in [0.717, 1.165) is 30.3 Å². The van der Waals surface area contributed by atoms with Crippen LogP contribution in [-0.4, -0.2) is 20.3 Å². The molecule has 0 spiro atoms. The van der Waals surface area contributed by atoms with Crippen molar-refractivity contribution in [3.63, 3.8) is 0 Å². The molecule has 0 unspecified atom stereocenters. The van der Waals surface area contributed by atoms with Gasteiger partial charge >= 0.3 is 11.9 Å². The molecular weight excluding hydrogens is 447 g/mol. The second-order valence-corrected chi connectivity index (χ2v) is 6.94. The van der Waals surface area contributed by atoms with Gasteiger partial charge in [-0.15, -0.1) is 5.10 Å². The minimum atomic E-state index is -5.01. The monoisotopic (exact) mass is 460 g/mol. The molecule has 1 atom stereocenters. The van der Waals surface area contributed by atoms with E-state index in [0.29, 0.717) is 10.2 Å². The first kappa shape index (κ1) is 22.5. The Balaban J connectivity index is 1.87. The number of alkyl halides is 3. The van der Waals surface area contributed by atoms with Crippen LogP contribution in [0.4, 0.5) is 22.0 Å². The number of amides is 1. The second-order valence-electron chi connectivity index (χ2n) is 6.54. The van der Waals surface area contributed by atoms with Gasteiger partial charge in [-0.1, -0.05) is 17.7 Å². The zero-order valence-electron chi connectivity index (χ0n) is 15.8. The minimum absolute atomic E-state index is 0.111. The maximum atomic E-state index is 13.6. The minimum Gasteiger partial charge on any atom is -0.348 e. The van der Waals surface area contributed by atoms with Crippen molar-refractivity contribution < 1.29 is 26.7 Å². The molecule has 1 heterocycles. The van der Waals surface area contributed by atoms with Crippen molar-refractivity contribution >= 4 is 17.5 Å². The molecule has 0 radical (unpaired) electrons. The van der Waals surface area contributed by atoms with Crippen molar-refractivity contribution in [3.8, 4) is 5.69 Å². The van der Waals surface area contributed by atoms with Gasteiger partial charge in [-0.3, -0.25) is 4.79 Å². The average molecular weight is 461 g/mol. The molecule has 1 aromatic heterocycles. The van der Waals surface area contributed by atoms with E-state index in [-0.39, 0.29) is 15.3 Å². The normalized spacial score (nSPS) is 12.6. The summed E-state index contributed by atoms with van der Waals surface area (Å²) in [5.74, 6) is -3.80. The van der Waals surface area contributed by atoms with Crippen molar-refractivity contribution in [2.24, 2.45) is 0 Å². The second kappa shape index (κ2) is 8.50. The summed E-state index contributed by atoms with van der Waals surface area (Å²) >= 11 is 5.61. The lowest BCUT2D eigenvalue weighted by Crippen LogP contribution is -2.34. The third-order valence-corrected chi connectivity index (χ3v) is 4.60. The lowest BCUT2D eigenvalue weighted by atomic mass is 10.1. The zero-order valence-corrected chi connectivity index (χ0v) is 16.5. The summed E-state index contributed by atoms with van der Waals surface area (Å²) in [6, 6.07) is 6.87. The molecule has 0 aliphatic carbocycles. The summed E-state index contributed by atoms with van der Waals surface area (Å²) < 4.78 is 67.5. The van der Waals surface area contributed by atoms with Crippen LogP contribution >= 0.6 is 11.6 Å². The fourth-order valence-corrected chi connectivity index (χ4v) is 2.92. The fraction of sp³-hybridized carbons (Fsp3) is 0.211. The quantitative estimate of drug-likeness (QED) is 0.588. The van der Waals surface area contributed by atoms with Crippen LogP contribution in [0, 0.1) is 11.6 Å². The smallest absolute Gasteiger partial charge is 0.348 e. The number of carbonyl (C=O) groups excluding carboxylic acids is 1. The van der Waals surface area contributed by atoms with E-state index in [1.54, 1.807) is 0 Å². The van der Waals surface area contributed by atoms with E-state index in [1.165, 1.54) is 19.1 Å². The average Bonchev–Trinajstić information content (AvgIpc) is 3.01. The van der Waals surface area contributed by atoms with Crippen molar-refractivity contribution in [2.45, 2.75) is 25.7 Å². The highest BCUT2D eigenvalue weighted by Gasteiger charge is 2.39. The van der Waals surface area contributed by atoms with Crippen LogP contribution in [0.3, 0.4) is 0 Å². The zero-order chi connectivity index (χ0) is 22.9. The number of hydrogen-bond donors (Lipinski definition) is 1. The standard InChI is InChI=1S/C19H14ClF5N4O2/c1-10(11-2-7-14(20)15(22)8-11)26-16(30)9-28-18(31)29(17(27-28)19(23,24)25)13-5-3-12(21)4-6-13/h2-8,10H,9H2,1H3,(H,26,30)/t10-/m0/s1. The Bertz CT molecular complexity index is 1170. The molecule has 31 heavy (non-hydrogen) atoms. The predicted molar refractivity (Wildman–Crippen MR) is 101 cm³/mol. The first-order valence-electron chi connectivity index (χ1n) is 8.74. The number of benzene rings is 2. The molecule has 3 rings (SSSR count). The lowest BCUT2D eigenvalue weighted by molar-refractivity contribution is -0.146. The first-order chi connectivity index (χ1) is 14.5. The topological polar surface area (TPSA) is 68.9 Å². The van der Waals surface area contributed by atoms with Crippen LogP contribution in [0.2, 0.25) is 5.02 Å². The number of aromatic nitrogens is 3. The molecule has 12 heteroatoms. The van der Waals surface area contributed by atoms with Crippen LogP contribution in [0.5, 0.6) is 0 Å². The molecule has 0 aliphatic heterocycles. The highest BCUT2D eigenvalue weighted by Crippen LogP contribution is 2.28. The molecule has 6 nitrogen and oxygen atoms in total. The van der Waals surface area contributed by atoms with Crippen molar-refractivity contribution in [1.82, 2.24) is 19.7 Å². The maximum absolute atomic E-state index is 13.6. The Labute approximate surface area is 176 Å². The van der Waals surface area contributed by atoms with E-state index in [9.17, 15) is 31.5 Å². The van der Waals surface area contributed by atoms with E-state index in [2.05, 4.69) is 10.4 Å². The van der Waals surface area contributed by atoms with E-state index >= 15 is 0 Å². The molecule has 0 fully saturated rings. The molecule has 164 valence electrons. The Hall–Kier alpha value is -3.21. The van der Waals surface area contributed by atoms with Gasteiger partial charge in [-0.25, -0.2) is 22.8 Å². The van der Waals surface area contributed by atoms with Gasteiger partial charge in [0.25, 0.3) is 0 Å². The summed E-state index contributed by atoms with van der Waals surface area (Å²) in [6.45, 7) is 0.693. The van der Waals surface area contributed by atoms with Crippen molar-refractivity contribution in [1.29, 1.82) is 0 Å². The van der Waals surface area contributed by atoms with Crippen molar-refractivity contribution in [3.05, 3.63) is 81.0 Å². The van der Waals surface area contributed by atoms with Gasteiger partial charge in [0.15, 0.2) is 0 Å². The highest BCUT2D eigenvalue weighted by molar-refractivity contribution is 6.30. The summed E-state index contributed by atoms with van der Waals surface area (Å²) in [5.41, 5.74) is -1.15. The van der Waals surface area contributed by atoms with E-state index < -0.39 is 47.8 Å². The van der Waals surface area contributed by atoms with Crippen LogP contribution in [-0.2, 0) is 17.5 Å². The van der Waals surface area contributed by atoms with Crippen molar-refractivity contribution in [2.75, 3.05) is 0 Å². The van der Waals surface area contributed by atoms with Gasteiger partial charge in [-0.05, 0) is 48.9 Å². The molecule has 0 saturated carbocycles. The Kier molecular flexibility index (Phi) is 6.16. The number of hydrogen-bond acceptors (Lipinski definition) is 3. The van der Waals surface area contributed by atoms with E-state index in [4.69, 9.17) is 11.6 Å². The largest absolute Gasteiger partial charge is 0.452 e. The van der Waals surface area contributed by atoms with Gasteiger partial charge in [-0.2, -0.15) is 13.2 Å². The molecule has 0 aliphatic rings. The third kappa shape index (κ3) is 4.93. The lowest BCUT2D eigenvalue weighted by Gasteiger charge is -2.14. The molecule has 0 bridgehead atoms. The number of rotatable bonds is 5. The Morgan fingerprint density at radius 2 is 1.81 bits per heavy atom. The van der Waals surface area contributed by atoms with Crippen LogP contribution in [0.25, 0.3) is 5.69 Å². The van der Waals surface area contributed by atoms with Gasteiger partial charge in [0.05, 0.1) is 16.8 Å². The summed E-state index contributed by atoms with van der Waals surface area (Å²) in [5, 5.41) is 5.57. The number of carbonyl (C=O) groups is 1. The molecule has 0 saturated heterocycles. The predicted octanol–water partition coefficient (Wildman–Crippen LogP) is 3.86. The molecule has 3 aromatic rings. The summed E-state index contributed by atoms with van der Waals surface area (Å²) in [4.78, 5) is 24.8. The molecule has 2 aromatic carbocycles. The number of halogens is 6. The van der Waals surface area contributed by atoms with Crippen LogP contribution in [0.15, 0.2) is 47.3 Å². The van der Waals surface area contributed by atoms with Gasteiger partial charge in [0.1, 0.15) is 18.2 Å². The Morgan fingerprint density at radius 3 is 2.39 bits per heavy atom. The Morgan fingerprint density at radius 1 is 1.16 bits per heavy atom. The first-order valence-corrected chi connectivity index (χ1v) is 9.12. The van der Waals surface area contributed by atoms with Gasteiger partial charge in [0.2, 0.25) is 11.7 Å². The highest BCUT2D eigenvalue weighted by atomic mass is 35.5. The molecule has 1 N–H and O–H groups in total. The van der Waals surface area contributed by atoms with Crippen LogP contribution in [0.1, 0.15) is 24.4 Å². The molecule has 1 amide bonds. The summed E-state index contributed by atoms with van der Waals surface area (Å²) in [6.07, 6.45) is -5.01. The van der Waals surface area contributed by atoms with Gasteiger partial charge in [0, 0.05) is 0 Å². The third-order valence-electron chi connectivity index (χ3n) is 4.29. The SMILES string of the molecule is C[C@H](NC(=O)Cn1nc(C(F)(F)F)n(-c2ccc(F)cc2)c1=O)c1ccc(Cl)c(F)c1. The van der Waals surface area contributed by atoms with Crippen LogP contribution < -0.4 is 11.0 Å². The summed E-state index contributed by atoms with van der Waals surface area (Å²) in [7, 11) is 0. The van der Waals surface area contributed by atoms with Gasteiger partial charge < -0.3 is 5.32 Å². The fourth-order valence-electron chi connectivity index (χ4n) is 2.81. The molecular formula is C19H14ClF5N4O2. The number of nitrogens with zero attached hydrogens (tertiary/aromatic N) is 3.